The molecular formula is C11H16ClNOS. The van der Waals surface area contributed by atoms with Gasteiger partial charge in [-0.1, -0.05) is 17.7 Å². The highest BCUT2D eigenvalue weighted by molar-refractivity contribution is 7.99. The highest BCUT2D eigenvalue weighted by Crippen LogP contribution is 2.33. The molecule has 0 aliphatic carbocycles. The van der Waals surface area contributed by atoms with Crippen LogP contribution in [0.3, 0.4) is 0 Å². The lowest BCUT2D eigenvalue weighted by Gasteiger charge is -2.16. The summed E-state index contributed by atoms with van der Waals surface area (Å²) in [5.74, 6) is 0.803. The van der Waals surface area contributed by atoms with Crippen molar-refractivity contribution in [2.45, 2.75) is 30.8 Å². The number of nitrogens with two attached hydrogens (primary N) is 1. The molecule has 0 amide bonds. The predicted octanol–water partition coefficient (Wildman–Crippen LogP) is 3.18. The summed E-state index contributed by atoms with van der Waals surface area (Å²) >= 11 is 7.60. The van der Waals surface area contributed by atoms with Crippen LogP contribution in [0, 0.1) is 0 Å². The average Bonchev–Trinajstić information content (AvgIpc) is 2.08. The van der Waals surface area contributed by atoms with E-state index >= 15 is 0 Å². The van der Waals surface area contributed by atoms with Crippen LogP contribution in [-0.4, -0.2) is 16.5 Å². The summed E-state index contributed by atoms with van der Waals surface area (Å²) in [5, 5.41) is 10.2. The first-order valence-electron chi connectivity index (χ1n) is 4.79. The third kappa shape index (κ3) is 4.33. The average molecular weight is 246 g/mol. The van der Waals surface area contributed by atoms with E-state index in [2.05, 4.69) is 0 Å². The summed E-state index contributed by atoms with van der Waals surface area (Å²) in [6.07, 6.45) is 0.711. The number of benzene rings is 1. The largest absolute Gasteiger partial charge is 0.398 e. The van der Waals surface area contributed by atoms with Crippen molar-refractivity contribution >= 4 is 29.1 Å². The monoisotopic (exact) mass is 245 g/mol. The first kappa shape index (κ1) is 12.7. The topological polar surface area (TPSA) is 46.2 Å². The molecule has 0 unspecified atom stereocenters. The Labute approximate surface area is 99.8 Å². The molecule has 0 aliphatic rings. The molecule has 0 spiro atoms. The molecule has 1 aromatic rings. The zero-order chi connectivity index (χ0) is 11.5. The van der Waals surface area contributed by atoms with Crippen molar-refractivity contribution in [3.63, 3.8) is 0 Å². The van der Waals surface area contributed by atoms with Crippen LogP contribution in [0.25, 0.3) is 0 Å². The minimum Gasteiger partial charge on any atom is -0.398 e. The Morgan fingerprint density at radius 1 is 1.47 bits per heavy atom. The van der Waals surface area contributed by atoms with Crippen LogP contribution in [0.5, 0.6) is 0 Å². The summed E-state index contributed by atoms with van der Waals surface area (Å²) < 4.78 is 0. The fraction of sp³-hybridized carbons (Fsp3) is 0.455. The van der Waals surface area contributed by atoms with Crippen molar-refractivity contribution in [1.82, 2.24) is 0 Å². The zero-order valence-electron chi connectivity index (χ0n) is 8.96. The molecule has 0 aliphatic heterocycles. The van der Waals surface area contributed by atoms with Gasteiger partial charge in [0, 0.05) is 16.3 Å². The van der Waals surface area contributed by atoms with Crippen molar-refractivity contribution < 1.29 is 5.11 Å². The smallest absolute Gasteiger partial charge is 0.0599 e. The molecular weight excluding hydrogens is 230 g/mol. The maximum absolute atomic E-state index is 9.56. The second-order valence-corrected chi connectivity index (χ2v) is 5.58. The number of nitrogen functional groups attached to an aromatic ring is 1. The number of hydrogen-bond donors (Lipinski definition) is 2. The standard InChI is InChI=1S/C11H16ClNOS/c1-11(2,14)6-7-15-10-8(12)4-3-5-9(10)13/h3-5,14H,6-7,13H2,1-2H3. The second kappa shape index (κ2) is 5.10. The summed E-state index contributed by atoms with van der Waals surface area (Å²) in [6.45, 7) is 3.59. The van der Waals surface area contributed by atoms with Crippen molar-refractivity contribution in [3.05, 3.63) is 23.2 Å². The van der Waals surface area contributed by atoms with Crippen LogP contribution >= 0.6 is 23.4 Å². The van der Waals surface area contributed by atoms with E-state index in [1.54, 1.807) is 25.6 Å². The molecule has 2 nitrogen and oxygen atoms in total. The van der Waals surface area contributed by atoms with E-state index in [1.165, 1.54) is 0 Å². The van der Waals surface area contributed by atoms with Gasteiger partial charge in [0.1, 0.15) is 0 Å². The minimum absolute atomic E-state index is 0.636. The maximum Gasteiger partial charge on any atom is 0.0599 e. The number of anilines is 1. The molecule has 0 atom stereocenters. The van der Waals surface area contributed by atoms with Gasteiger partial charge in [0.15, 0.2) is 0 Å². The molecule has 15 heavy (non-hydrogen) atoms. The molecule has 1 aromatic carbocycles. The SMILES string of the molecule is CC(C)(O)CCSc1c(N)cccc1Cl. The summed E-state index contributed by atoms with van der Waals surface area (Å²) in [5.41, 5.74) is 5.86. The Morgan fingerprint density at radius 3 is 2.67 bits per heavy atom. The molecule has 0 bridgehead atoms. The molecule has 0 aromatic heterocycles. The Bertz CT molecular complexity index is 316. The minimum atomic E-state index is -0.636. The molecule has 0 heterocycles. The number of rotatable bonds is 4. The molecule has 1 rings (SSSR count). The Kier molecular flexibility index (Phi) is 4.32. The molecule has 0 radical (unpaired) electrons. The van der Waals surface area contributed by atoms with E-state index in [1.807, 2.05) is 18.2 Å². The lowest BCUT2D eigenvalue weighted by Crippen LogP contribution is -2.19. The van der Waals surface area contributed by atoms with Gasteiger partial charge in [0.25, 0.3) is 0 Å². The molecule has 3 N–H and O–H groups in total. The fourth-order valence-electron chi connectivity index (χ4n) is 1.08. The van der Waals surface area contributed by atoms with Crippen LogP contribution < -0.4 is 5.73 Å². The van der Waals surface area contributed by atoms with Gasteiger partial charge in [-0.2, -0.15) is 0 Å². The lowest BCUT2D eigenvalue weighted by molar-refractivity contribution is 0.0778. The fourth-order valence-corrected chi connectivity index (χ4v) is 2.67. The van der Waals surface area contributed by atoms with Gasteiger partial charge in [0.2, 0.25) is 0 Å². The Morgan fingerprint density at radius 2 is 2.13 bits per heavy atom. The normalized spacial score (nSPS) is 11.7. The molecule has 0 saturated heterocycles. The van der Waals surface area contributed by atoms with Crippen LogP contribution in [-0.2, 0) is 0 Å². The van der Waals surface area contributed by atoms with Crippen LogP contribution in [0.1, 0.15) is 20.3 Å². The van der Waals surface area contributed by atoms with Gasteiger partial charge in [-0.3, -0.25) is 0 Å². The highest BCUT2D eigenvalue weighted by Gasteiger charge is 2.13. The van der Waals surface area contributed by atoms with Crippen molar-refractivity contribution in [3.8, 4) is 0 Å². The lowest BCUT2D eigenvalue weighted by atomic mass is 10.1. The molecule has 84 valence electrons. The van der Waals surface area contributed by atoms with E-state index in [0.717, 1.165) is 10.6 Å². The molecule has 0 saturated carbocycles. The number of halogens is 1. The van der Waals surface area contributed by atoms with E-state index in [9.17, 15) is 5.11 Å². The van der Waals surface area contributed by atoms with Gasteiger partial charge in [-0.25, -0.2) is 0 Å². The zero-order valence-corrected chi connectivity index (χ0v) is 10.5. The third-order valence-electron chi connectivity index (χ3n) is 1.96. The van der Waals surface area contributed by atoms with Crippen LogP contribution in [0.15, 0.2) is 23.1 Å². The Balaban J connectivity index is 2.58. The van der Waals surface area contributed by atoms with Gasteiger partial charge < -0.3 is 10.8 Å². The van der Waals surface area contributed by atoms with Gasteiger partial charge in [-0.05, 0) is 32.4 Å². The third-order valence-corrected chi connectivity index (χ3v) is 3.54. The van der Waals surface area contributed by atoms with E-state index in [-0.39, 0.29) is 0 Å². The summed E-state index contributed by atoms with van der Waals surface area (Å²) in [6, 6.07) is 5.49. The molecule has 4 heteroatoms. The first-order chi connectivity index (χ1) is 6.90. The van der Waals surface area contributed by atoms with Crippen molar-refractivity contribution in [2.75, 3.05) is 11.5 Å². The highest BCUT2D eigenvalue weighted by atomic mass is 35.5. The first-order valence-corrected chi connectivity index (χ1v) is 6.16. The van der Waals surface area contributed by atoms with Crippen molar-refractivity contribution in [2.24, 2.45) is 0 Å². The number of hydrogen-bond acceptors (Lipinski definition) is 3. The van der Waals surface area contributed by atoms with Gasteiger partial charge >= 0.3 is 0 Å². The van der Waals surface area contributed by atoms with Crippen LogP contribution in [0.4, 0.5) is 5.69 Å². The van der Waals surface area contributed by atoms with Crippen molar-refractivity contribution in [1.29, 1.82) is 0 Å². The molecule has 0 fully saturated rings. The summed E-state index contributed by atoms with van der Waals surface area (Å²) in [4.78, 5) is 0.906. The van der Waals surface area contributed by atoms with E-state index < -0.39 is 5.60 Å². The van der Waals surface area contributed by atoms with Crippen LogP contribution in [0.2, 0.25) is 5.02 Å². The Hall–Kier alpha value is -0.380. The predicted molar refractivity (Wildman–Crippen MR) is 67.5 cm³/mol. The number of aliphatic hydroxyl groups is 1. The van der Waals surface area contributed by atoms with E-state index in [0.29, 0.717) is 17.1 Å². The van der Waals surface area contributed by atoms with Gasteiger partial charge in [0.05, 0.1) is 10.6 Å². The second-order valence-electron chi connectivity index (χ2n) is 4.07. The number of thioether (sulfide) groups is 1. The summed E-state index contributed by atoms with van der Waals surface area (Å²) in [7, 11) is 0. The quantitative estimate of drug-likeness (QED) is 0.633. The maximum atomic E-state index is 9.56. The van der Waals surface area contributed by atoms with Gasteiger partial charge in [-0.15, -0.1) is 11.8 Å². The van der Waals surface area contributed by atoms with E-state index in [4.69, 9.17) is 17.3 Å².